The summed E-state index contributed by atoms with van der Waals surface area (Å²) in [6, 6.07) is 8.67. The first kappa shape index (κ1) is 20.6. The monoisotopic (exact) mass is 436 g/mol. The molecule has 0 aliphatic carbocycles. The van der Waals surface area contributed by atoms with Crippen LogP contribution in [0.25, 0.3) is 10.2 Å². The van der Waals surface area contributed by atoms with Crippen LogP contribution in [-0.4, -0.2) is 23.1 Å². The van der Waals surface area contributed by atoms with Gasteiger partial charge in [0, 0.05) is 5.02 Å². The van der Waals surface area contributed by atoms with Gasteiger partial charge in [-0.15, -0.1) is 0 Å². The van der Waals surface area contributed by atoms with Gasteiger partial charge in [-0.3, -0.25) is 9.59 Å². The van der Waals surface area contributed by atoms with Crippen molar-refractivity contribution in [2.45, 2.75) is 27.3 Å². The molecule has 8 heteroatoms. The normalized spacial score (nSPS) is 11.8. The lowest BCUT2D eigenvalue weighted by molar-refractivity contribution is -0.143. The molecule has 1 amide bonds. The Hall–Kier alpha value is -2.15. The Labute approximate surface area is 176 Å². The number of fused-ring (bicyclic) bond motifs is 1. The van der Waals surface area contributed by atoms with Gasteiger partial charge in [0.2, 0.25) is 0 Å². The number of amides is 1. The lowest BCUT2D eigenvalue weighted by atomic mass is 10.1. The highest BCUT2D eigenvalue weighted by Gasteiger charge is 2.16. The maximum Gasteiger partial charge on any atom is 0.326 e. The van der Waals surface area contributed by atoms with Gasteiger partial charge in [-0.05, 0) is 56.2 Å². The Morgan fingerprint density at radius 3 is 2.64 bits per heavy atom. The van der Waals surface area contributed by atoms with Crippen molar-refractivity contribution in [2.24, 2.45) is 4.99 Å². The molecule has 0 fully saturated rings. The van der Waals surface area contributed by atoms with Gasteiger partial charge in [0.15, 0.2) is 4.80 Å². The SMILES string of the molecule is CCOC(=O)Cn1c(=NC(=O)c2cc(Cl)ccc2Cl)sc2cc(C)cc(C)c21. The van der Waals surface area contributed by atoms with E-state index in [0.29, 0.717) is 9.82 Å². The van der Waals surface area contributed by atoms with Crippen molar-refractivity contribution in [1.29, 1.82) is 0 Å². The molecule has 5 nitrogen and oxygen atoms in total. The molecule has 0 aliphatic heterocycles. The number of ether oxygens (including phenoxy) is 1. The Kier molecular flexibility index (Phi) is 6.23. The van der Waals surface area contributed by atoms with Gasteiger partial charge in [-0.25, -0.2) is 0 Å². The van der Waals surface area contributed by atoms with E-state index in [0.717, 1.165) is 21.3 Å². The summed E-state index contributed by atoms with van der Waals surface area (Å²) in [5, 5.41) is 0.661. The number of benzene rings is 2. The van der Waals surface area contributed by atoms with Crippen LogP contribution in [0.5, 0.6) is 0 Å². The van der Waals surface area contributed by atoms with Crippen molar-refractivity contribution in [3.8, 4) is 0 Å². The van der Waals surface area contributed by atoms with E-state index < -0.39 is 11.9 Å². The number of hydrogen-bond acceptors (Lipinski definition) is 4. The van der Waals surface area contributed by atoms with Crippen LogP contribution >= 0.6 is 34.5 Å². The number of thiazole rings is 1. The van der Waals surface area contributed by atoms with Crippen LogP contribution in [0.3, 0.4) is 0 Å². The summed E-state index contributed by atoms with van der Waals surface area (Å²) < 4.78 is 7.73. The third kappa shape index (κ3) is 4.29. The number of aryl methyl sites for hydroxylation is 2. The van der Waals surface area contributed by atoms with Crippen LogP contribution in [0.1, 0.15) is 28.4 Å². The van der Waals surface area contributed by atoms with Crippen LogP contribution in [-0.2, 0) is 16.1 Å². The third-order valence-corrected chi connectivity index (χ3v) is 5.65. The van der Waals surface area contributed by atoms with E-state index in [9.17, 15) is 9.59 Å². The van der Waals surface area contributed by atoms with Gasteiger partial charge in [-0.2, -0.15) is 4.99 Å². The summed E-state index contributed by atoms with van der Waals surface area (Å²) in [4.78, 5) is 29.5. The number of carbonyl (C=O) groups excluding carboxylic acids is 2. The Morgan fingerprint density at radius 2 is 1.93 bits per heavy atom. The Bertz CT molecular complexity index is 1150. The number of nitrogens with zero attached hydrogens (tertiary/aromatic N) is 2. The summed E-state index contributed by atoms with van der Waals surface area (Å²) in [5.41, 5.74) is 3.14. The molecule has 0 N–H and O–H groups in total. The average molecular weight is 437 g/mol. The highest BCUT2D eigenvalue weighted by molar-refractivity contribution is 7.16. The fraction of sp³-hybridized carbons (Fsp3) is 0.250. The quantitative estimate of drug-likeness (QED) is 0.544. The molecular weight excluding hydrogens is 419 g/mol. The average Bonchev–Trinajstić information content (AvgIpc) is 2.94. The predicted molar refractivity (Wildman–Crippen MR) is 112 cm³/mol. The second kappa shape index (κ2) is 8.47. The second-order valence-corrected chi connectivity index (χ2v) is 8.10. The highest BCUT2D eigenvalue weighted by Crippen LogP contribution is 2.24. The molecule has 3 rings (SSSR count). The number of halogens is 2. The van der Waals surface area contributed by atoms with Crippen LogP contribution < -0.4 is 4.80 Å². The summed E-state index contributed by atoms with van der Waals surface area (Å²) in [5.74, 6) is -0.914. The van der Waals surface area contributed by atoms with Crippen molar-refractivity contribution >= 4 is 56.6 Å². The molecule has 0 radical (unpaired) electrons. The van der Waals surface area contributed by atoms with E-state index >= 15 is 0 Å². The fourth-order valence-corrected chi connectivity index (χ4v) is 4.54. The predicted octanol–water partition coefficient (Wildman–Crippen LogP) is 4.93. The topological polar surface area (TPSA) is 60.7 Å². The first-order valence-corrected chi connectivity index (χ1v) is 10.2. The minimum atomic E-state index is -0.522. The second-order valence-electron chi connectivity index (χ2n) is 6.25. The zero-order valence-corrected chi connectivity index (χ0v) is 17.9. The number of hydrogen-bond donors (Lipinski definition) is 0. The van der Waals surface area contributed by atoms with Gasteiger partial charge in [0.1, 0.15) is 6.54 Å². The van der Waals surface area contributed by atoms with E-state index in [1.807, 2.05) is 26.0 Å². The zero-order valence-electron chi connectivity index (χ0n) is 15.6. The molecule has 0 saturated heterocycles. The van der Waals surface area contributed by atoms with Crippen molar-refractivity contribution in [2.75, 3.05) is 6.61 Å². The first-order valence-electron chi connectivity index (χ1n) is 8.60. The minimum absolute atomic E-state index is 0.0346. The van der Waals surface area contributed by atoms with Crippen LogP contribution in [0.15, 0.2) is 35.3 Å². The van der Waals surface area contributed by atoms with E-state index in [1.165, 1.54) is 17.4 Å². The molecule has 0 bridgehead atoms. The minimum Gasteiger partial charge on any atom is -0.465 e. The molecule has 0 atom stereocenters. The van der Waals surface area contributed by atoms with E-state index in [-0.39, 0.29) is 23.7 Å². The van der Waals surface area contributed by atoms with Crippen molar-refractivity contribution < 1.29 is 14.3 Å². The lowest BCUT2D eigenvalue weighted by Gasteiger charge is -2.07. The fourth-order valence-electron chi connectivity index (χ4n) is 2.97. The smallest absolute Gasteiger partial charge is 0.326 e. The molecule has 0 unspecified atom stereocenters. The van der Waals surface area contributed by atoms with Gasteiger partial charge < -0.3 is 9.30 Å². The lowest BCUT2D eigenvalue weighted by Crippen LogP contribution is -2.23. The molecule has 0 saturated carbocycles. The van der Waals surface area contributed by atoms with Gasteiger partial charge in [0.05, 0.1) is 27.4 Å². The molecule has 2 aromatic carbocycles. The number of carbonyl (C=O) groups is 2. The summed E-state index contributed by atoms with van der Waals surface area (Å²) in [6.45, 7) is 5.95. The molecule has 1 heterocycles. The number of aromatic nitrogens is 1. The molecular formula is C20H18Cl2N2O3S. The van der Waals surface area contributed by atoms with E-state index in [4.69, 9.17) is 27.9 Å². The third-order valence-electron chi connectivity index (χ3n) is 4.06. The summed E-state index contributed by atoms with van der Waals surface area (Å²) in [7, 11) is 0. The Morgan fingerprint density at radius 1 is 1.18 bits per heavy atom. The van der Waals surface area contributed by atoms with E-state index in [2.05, 4.69) is 4.99 Å². The Balaban J connectivity index is 2.19. The van der Waals surface area contributed by atoms with Crippen LogP contribution in [0.4, 0.5) is 0 Å². The zero-order chi connectivity index (χ0) is 20.4. The van der Waals surface area contributed by atoms with Gasteiger partial charge >= 0.3 is 5.97 Å². The molecule has 28 heavy (non-hydrogen) atoms. The first-order chi connectivity index (χ1) is 13.3. The van der Waals surface area contributed by atoms with E-state index in [1.54, 1.807) is 23.6 Å². The largest absolute Gasteiger partial charge is 0.465 e. The van der Waals surface area contributed by atoms with Crippen molar-refractivity contribution in [3.05, 3.63) is 61.9 Å². The molecule has 0 spiro atoms. The molecule has 3 aromatic rings. The maximum absolute atomic E-state index is 12.7. The van der Waals surface area contributed by atoms with Crippen molar-refractivity contribution in [3.63, 3.8) is 0 Å². The molecule has 0 aliphatic rings. The van der Waals surface area contributed by atoms with Gasteiger partial charge in [-0.1, -0.05) is 40.6 Å². The molecule has 1 aromatic heterocycles. The number of rotatable bonds is 4. The van der Waals surface area contributed by atoms with Crippen LogP contribution in [0, 0.1) is 13.8 Å². The van der Waals surface area contributed by atoms with Crippen molar-refractivity contribution in [1.82, 2.24) is 4.57 Å². The standard InChI is InChI=1S/C20H18Cl2N2O3S/c1-4-27-17(25)10-24-18-12(3)7-11(2)8-16(18)28-20(24)23-19(26)14-9-13(21)5-6-15(14)22/h5-9H,4,10H2,1-3H3. The summed E-state index contributed by atoms with van der Waals surface area (Å²) >= 11 is 13.5. The summed E-state index contributed by atoms with van der Waals surface area (Å²) in [6.07, 6.45) is 0. The highest BCUT2D eigenvalue weighted by atomic mass is 35.5. The van der Waals surface area contributed by atoms with Crippen LogP contribution in [0.2, 0.25) is 10.0 Å². The number of esters is 1. The van der Waals surface area contributed by atoms with Gasteiger partial charge in [0.25, 0.3) is 5.91 Å². The molecule has 146 valence electrons. The maximum atomic E-state index is 12.7.